The summed E-state index contributed by atoms with van der Waals surface area (Å²) in [5, 5.41) is 12.9. The summed E-state index contributed by atoms with van der Waals surface area (Å²) < 4.78 is 0. The molecule has 44 heavy (non-hydrogen) atoms. The van der Waals surface area contributed by atoms with E-state index in [1.165, 1.54) is 87.2 Å². The lowest BCUT2D eigenvalue weighted by atomic mass is 9.86. The fourth-order valence-corrected chi connectivity index (χ4v) is 7.08. The van der Waals surface area contributed by atoms with Crippen LogP contribution in [0.25, 0.3) is 87.2 Å². The van der Waals surface area contributed by atoms with Gasteiger partial charge >= 0.3 is 0 Å². The van der Waals surface area contributed by atoms with Crippen molar-refractivity contribution in [3.05, 3.63) is 170 Å². The second-order valence-electron chi connectivity index (χ2n) is 11.7. The Bertz CT molecular complexity index is 2520. The molecule has 9 aromatic carbocycles. The van der Waals surface area contributed by atoms with E-state index in [-0.39, 0.29) is 0 Å². The van der Waals surface area contributed by atoms with Gasteiger partial charge in [0, 0.05) is 0 Å². The molecular formula is C44H28. The van der Waals surface area contributed by atoms with E-state index >= 15 is 0 Å². The Morgan fingerprint density at radius 1 is 0.227 bits per heavy atom. The molecule has 0 fully saturated rings. The first kappa shape index (κ1) is 24.8. The molecular weight excluding hydrogens is 528 g/mol. The normalized spacial score (nSPS) is 11.6. The van der Waals surface area contributed by atoms with Crippen molar-refractivity contribution in [2.45, 2.75) is 0 Å². The zero-order valence-electron chi connectivity index (χ0n) is 24.2. The lowest BCUT2D eigenvalue weighted by Crippen LogP contribution is -1.89. The van der Waals surface area contributed by atoms with Crippen LogP contribution < -0.4 is 0 Å². The minimum Gasteiger partial charge on any atom is -0.0622 e. The molecule has 0 N–H and O–H groups in total. The summed E-state index contributed by atoms with van der Waals surface area (Å²) in [6, 6.07) is 62.3. The van der Waals surface area contributed by atoms with Gasteiger partial charge in [0.25, 0.3) is 0 Å². The maximum absolute atomic E-state index is 2.43. The second-order valence-corrected chi connectivity index (χ2v) is 11.7. The van der Waals surface area contributed by atoms with Crippen molar-refractivity contribution in [2.75, 3.05) is 0 Å². The van der Waals surface area contributed by atoms with Gasteiger partial charge in [-0.05, 0) is 105 Å². The third-order valence-corrected chi connectivity index (χ3v) is 9.23. The van der Waals surface area contributed by atoms with Crippen molar-refractivity contribution < 1.29 is 0 Å². The van der Waals surface area contributed by atoms with Gasteiger partial charge in [-0.3, -0.25) is 0 Å². The summed E-state index contributed by atoms with van der Waals surface area (Å²) in [4.78, 5) is 0. The van der Waals surface area contributed by atoms with Gasteiger partial charge in [0.2, 0.25) is 0 Å². The van der Waals surface area contributed by atoms with E-state index in [0.717, 1.165) is 0 Å². The number of hydrogen-bond donors (Lipinski definition) is 0. The van der Waals surface area contributed by atoms with Gasteiger partial charge in [-0.1, -0.05) is 152 Å². The molecule has 9 rings (SSSR count). The minimum absolute atomic E-state index is 1.23. The summed E-state index contributed by atoms with van der Waals surface area (Å²) in [5.74, 6) is 0. The first-order chi connectivity index (χ1) is 21.8. The summed E-state index contributed by atoms with van der Waals surface area (Å²) in [6.07, 6.45) is 0. The Morgan fingerprint density at radius 2 is 0.750 bits per heavy atom. The highest BCUT2D eigenvalue weighted by Crippen LogP contribution is 2.44. The zero-order valence-corrected chi connectivity index (χ0v) is 24.2. The lowest BCUT2D eigenvalue weighted by Gasteiger charge is -2.17. The third kappa shape index (κ3) is 3.92. The molecule has 0 bridgehead atoms. The smallest absolute Gasteiger partial charge is 0.00199 e. The second kappa shape index (κ2) is 9.93. The maximum atomic E-state index is 2.43. The van der Waals surface area contributed by atoms with Gasteiger partial charge in [-0.25, -0.2) is 0 Å². The Morgan fingerprint density at radius 3 is 1.52 bits per heavy atom. The number of fused-ring (bicyclic) bond motifs is 9. The zero-order chi connectivity index (χ0) is 29.0. The molecule has 0 atom stereocenters. The quantitative estimate of drug-likeness (QED) is 0.190. The van der Waals surface area contributed by atoms with Gasteiger partial charge in [0.05, 0.1) is 0 Å². The first-order valence-corrected chi connectivity index (χ1v) is 15.3. The average Bonchev–Trinajstić information content (AvgIpc) is 3.11. The molecule has 0 saturated carbocycles. The van der Waals surface area contributed by atoms with E-state index < -0.39 is 0 Å². The highest BCUT2D eigenvalue weighted by Gasteiger charge is 2.16. The third-order valence-electron chi connectivity index (χ3n) is 9.23. The van der Waals surface area contributed by atoms with Crippen molar-refractivity contribution in [1.29, 1.82) is 0 Å². The monoisotopic (exact) mass is 556 g/mol. The molecule has 0 aromatic heterocycles. The summed E-state index contributed by atoms with van der Waals surface area (Å²) >= 11 is 0. The highest BCUT2D eigenvalue weighted by atomic mass is 14.2. The van der Waals surface area contributed by atoms with E-state index in [2.05, 4.69) is 170 Å². The molecule has 0 heterocycles. The molecule has 0 aliphatic carbocycles. The fraction of sp³-hybridized carbons (Fsp3) is 0. The predicted molar refractivity (Wildman–Crippen MR) is 190 cm³/mol. The average molecular weight is 557 g/mol. The molecule has 0 radical (unpaired) electrons. The van der Waals surface area contributed by atoms with Crippen LogP contribution in [0.15, 0.2) is 170 Å². The molecule has 0 spiro atoms. The number of benzene rings is 9. The van der Waals surface area contributed by atoms with Crippen molar-refractivity contribution in [3.8, 4) is 33.4 Å². The van der Waals surface area contributed by atoms with Gasteiger partial charge in [-0.2, -0.15) is 0 Å². The Kier molecular flexibility index (Phi) is 5.61. The summed E-state index contributed by atoms with van der Waals surface area (Å²) in [7, 11) is 0. The van der Waals surface area contributed by atoms with Crippen LogP contribution in [0.3, 0.4) is 0 Å². The standard InChI is InChI=1S/C44H28/c1-2-10-29(11-3-1)31-18-20-32(21-19-31)34-24-25-40-42(27-34)36-14-6-7-15-37(36)43-28-41(38-16-8-9-17-39(38)44(40)43)35-23-22-30-12-4-5-13-33(30)26-35/h1-28H. The lowest BCUT2D eigenvalue weighted by molar-refractivity contribution is 1.60. The van der Waals surface area contributed by atoms with E-state index in [4.69, 9.17) is 0 Å². The Labute approximate surface area is 256 Å². The maximum Gasteiger partial charge on any atom is -0.00199 e. The molecule has 204 valence electrons. The molecule has 0 heteroatoms. The van der Waals surface area contributed by atoms with Crippen LogP contribution >= 0.6 is 0 Å². The molecule has 9 aromatic rings. The van der Waals surface area contributed by atoms with Crippen molar-refractivity contribution >= 4 is 53.9 Å². The topological polar surface area (TPSA) is 0 Å². The number of hydrogen-bond acceptors (Lipinski definition) is 0. The van der Waals surface area contributed by atoms with Crippen LogP contribution in [-0.2, 0) is 0 Å². The minimum atomic E-state index is 1.23. The van der Waals surface area contributed by atoms with Gasteiger partial charge in [-0.15, -0.1) is 0 Å². The van der Waals surface area contributed by atoms with E-state index in [9.17, 15) is 0 Å². The molecule has 0 saturated heterocycles. The first-order valence-electron chi connectivity index (χ1n) is 15.3. The van der Waals surface area contributed by atoms with Crippen molar-refractivity contribution in [2.24, 2.45) is 0 Å². The Balaban J connectivity index is 1.30. The molecule has 0 unspecified atom stereocenters. The van der Waals surface area contributed by atoms with Crippen LogP contribution in [0, 0.1) is 0 Å². The highest BCUT2D eigenvalue weighted by molar-refractivity contribution is 6.33. The predicted octanol–water partition coefficient (Wildman–Crippen LogP) is 12.5. The summed E-state index contributed by atoms with van der Waals surface area (Å²) in [6.45, 7) is 0. The van der Waals surface area contributed by atoms with Crippen LogP contribution in [-0.4, -0.2) is 0 Å². The molecule has 0 nitrogen and oxygen atoms in total. The summed E-state index contributed by atoms with van der Waals surface area (Å²) in [5.41, 5.74) is 7.47. The Hall–Kier alpha value is -5.72. The van der Waals surface area contributed by atoms with E-state index in [1.807, 2.05) is 0 Å². The van der Waals surface area contributed by atoms with E-state index in [0.29, 0.717) is 0 Å². The van der Waals surface area contributed by atoms with Crippen LogP contribution in [0.4, 0.5) is 0 Å². The number of rotatable bonds is 3. The van der Waals surface area contributed by atoms with E-state index in [1.54, 1.807) is 0 Å². The van der Waals surface area contributed by atoms with Gasteiger partial charge in [0.1, 0.15) is 0 Å². The van der Waals surface area contributed by atoms with Gasteiger partial charge in [0.15, 0.2) is 0 Å². The SMILES string of the molecule is c1ccc(-c2ccc(-c3ccc4c(c3)c3ccccc3c3cc(-c5ccc6ccccc6c5)c5ccccc5c43)cc2)cc1. The van der Waals surface area contributed by atoms with Crippen molar-refractivity contribution in [3.63, 3.8) is 0 Å². The largest absolute Gasteiger partial charge is 0.0622 e. The van der Waals surface area contributed by atoms with Crippen LogP contribution in [0.5, 0.6) is 0 Å². The fourth-order valence-electron chi connectivity index (χ4n) is 7.08. The molecule has 0 aliphatic heterocycles. The van der Waals surface area contributed by atoms with Gasteiger partial charge < -0.3 is 0 Å². The molecule has 0 aliphatic rings. The van der Waals surface area contributed by atoms with Crippen LogP contribution in [0.1, 0.15) is 0 Å². The van der Waals surface area contributed by atoms with Crippen LogP contribution in [0.2, 0.25) is 0 Å². The molecule has 0 amide bonds. The van der Waals surface area contributed by atoms with Crippen molar-refractivity contribution in [1.82, 2.24) is 0 Å².